The van der Waals surface area contributed by atoms with Crippen molar-refractivity contribution in [1.29, 1.82) is 0 Å². The summed E-state index contributed by atoms with van der Waals surface area (Å²) >= 11 is 1.58. The lowest BCUT2D eigenvalue weighted by Crippen LogP contribution is -2.43. The van der Waals surface area contributed by atoms with Crippen LogP contribution in [0.1, 0.15) is 0 Å². The smallest absolute Gasteiger partial charge is 0.208 e. The first kappa shape index (κ1) is 18.5. The molecule has 0 aliphatic carbocycles. The molecule has 1 aliphatic rings. The molecule has 150 valence electrons. The number of aromatic nitrogens is 5. The van der Waals surface area contributed by atoms with Gasteiger partial charge in [0.1, 0.15) is 0 Å². The first-order valence-corrected chi connectivity index (χ1v) is 10.4. The van der Waals surface area contributed by atoms with Crippen molar-refractivity contribution >= 4 is 33.4 Å². The Balaban J connectivity index is 1.50. The van der Waals surface area contributed by atoms with Crippen LogP contribution in [0.25, 0.3) is 32.3 Å². The molecule has 5 rings (SSSR count). The topological polar surface area (TPSA) is 87.6 Å². The van der Waals surface area contributed by atoms with Crippen molar-refractivity contribution in [3.63, 3.8) is 0 Å². The zero-order valence-corrected chi connectivity index (χ0v) is 17.1. The molecule has 1 saturated heterocycles. The highest BCUT2D eigenvalue weighted by Gasteiger charge is 2.18. The molecule has 0 saturated carbocycles. The van der Waals surface area contributed by atoms with Crippen LogP contribution in [-0.4, -0.2) is 58.0 Å². The van der Waals surface area contributed by atoms with Gasteiger partial charge >= 0.3 is 0 Å². The van der Waals surface area contributed by atoms with E-state index in [1.165, 1.54) is 0 Å². The van der Waals surface area contributed by atoms with Gasteiger partial charge in [-0.1, -0.05) is 11.3 Å². The number of nitrogens with zero attached hydrogens (tertiary/aromatic N) is 7. The molecule has 4 aromatic rings. The second-order valence-electron chi connectivity index (χ2n) is 6.87. The van der Waals surface area contributed by atoms with Crippen molar-refractivity contribution in [2.75, 3.05) is 43.4 Å². The summed E-state index contributed by atoms with van der Waals surface area (Å²) in [5.41, 5.74) is 4.88. The predicted octanol–water partition coefficient (Wildman–Crippen LogP) is 2.92. The van der Waals surface area contributed by atoms with E-state index in [0.29, 0.717) is 5.69 Å². The molecular formula is C20H19N9S. The molecule has 10 heteroatoms. The minimum absolute atomic E-state index is 0.517. The van der Waals surface area contributed by atoms with Gasteiger partial charge in [0.05, 0.1) is 35.2 Å². The van der Waals surface area contributed by atoms with Crippen LogP contribution >= 0.6 is 11.3 Å². The van der Waals surface area contributed by atoms with E-state index in [2.05, 4.69) is 40.7 Å². The van der Waals surface area contributed by atoms with E-state index in [9.17, 15) is 0 Å². The molecule has 0 amide bonds. The summed E-state index contributed by atoms with van der Waals surface area (Å²) in [6, 6.07) is 7.71. The van der Waals surface area contributed by atoms with Crippen LogP contribution in [0.4, 0.5) is 16.5 Å². The van der Waals surface area contributed by atoms with Gasteiger partial charge in [-0.05, 0) is 24.3 Å². The summed E-state index contributed by atoms with van der Waals surface area (Å²) in [4.78, 5) is 10.4. The molecule has 30 heavy (non-hydrogen) atoms. The van der Waals surface area contributed by atoms with Crippen LogP contribution in [0.2, 0.25) is 0 Å². The first-order valence-electron chi connectivity index (χ1n) is 9.60. The highest BCUT2D eigenvalue weighted by Crippen LogP contribution is 2.35. The standard InChI is InChI=1S/C20H19N9S/c1-21-13-9-14-3-4-18(29(14)25-11-13)17-10-16(22-2)15(12-24-17)19-26-27-20(30-19)28-7-5-23-6-8-28/h3-4,9-12,23H,5-8H2,2H3,(H,22,24). The molecule has 0 aromatic carbocycles. The predicted molar refractivity (Wildman–Crippen MR) is 118 cm³/mol. The Morgan fingerprint density at radius 1 is 1.17 bits per heavy atom. The van der Waals surface area contributed by atoms with Gasteiger partial charge in [-0.3, -0.25) is 4.98 Å². The summed E-state index contributed by atoms with van der Waals surface area (Å²) < 4.78 is 1.80. The Kier molecular flexibility index (Phi) is 4.74. The molecule has 1 fully saturated rings. The van der Waals surface area contributed by atoms with Gasteiger partial charge in [0.2, 0.25) is 10.8 Å². The van der Waals surface area contributed by atoms with Gasteiger partial charge < -0.3 is 15.5 Å². The minimum Gasteiger partial charge on any atom is -0.387 e. The largest absolute Gasteiger partial charge is 0.387 e. The fraction of sp³-hybridized carbons (Fsp3) is 0.250. The Morgan fingerprint density at radius 2 is 2.03 bits per heavy atom. The molecule has 0 atom stereocenters. The van der Waals surface area contributed by atoms with Crippen molar-refractivity contribution in [1.82, 2.24) is 30.1 Å². The number of anilines is 2. The quantitative estimate of drug-likeness (QED) is 0.494. The molecule has 5 heterocycles. The number of hydrogen-bond acceptors (Lipinski definition) is 8. The number of pyridine rings is 1. The second-order valence-corrected chi connectivity index (χ2v) is 7.83. The summed E-state index contributed by atoms with van der Waals surface area (Å²) in [5, 5.41) is 21.6. The normalized spacial score (nSPS) is 14.1. The monoisotopic (exact) mass is 417 g/mol. The maximum Gasteiger partial charge on any atom is 0.208 e. The maximum absolute atomic E-state index is 7.15. The average molecular weight is 418 g/mol. The van der Waals surface area contributed by atoms with Crippen molar-refractivity contribution in [3.05, 3.63) is 48.1 Å². The molecule has 0 unspecified atom stereocenters. The fourth-order valence-corrected chi connectivity index (χ4v) is 4.44. The highest BCUT2D eigenvalue weighted by molar-refractivity contribution is 7.18. The maximum atomic E-state index is 7.15. The van der Waals surface area contributed by atoms with E-state index in [1.807, 2.05) is 37.5 Å². The fourth-order valence-electron chi connectivity index (χ4n) is 3.52. The zero-order valence-electron chi connectivity index (χ0n) is 16.3. The minimum atomic E-state index is 0.517. The third kappa shape index (κ3) is 3.24. The molecule has 1 aliphatic heterocycles. The third-order valence-corrected chi connectivity index (χ3v) is 6.10. The molecule has 9 nitrogen and oxygen atoms in total. The summed E-state index contributed by atoms with van der Waals surface area (Å²) in [5.74, 6) is 0. The molecule has 0 radical (unpaired) electrons. The summed E-state index contributed by atoms with van der Waals surface area (Å²) in [7, 11) is 1.89. The molecular weight excluding hydrogens is 398 g/mol. The molecule has 0 bridgehead atoms. The van der Waals surface area contributed by atoms with Crippen LogP contribution < -0.4 is 15.5 Å². The lowest BCUT2D eigenvalue weighted by molar-refractivity contribution is 0.587. The van der Waals surface area contributed by atoms with Crippen molar-refractivity contribution in [2.24, 2.45) is 0 Å². The third-order valence-electron chi connectivity index (χ3n) is 5.08. The van der Waals surface area contributed by atoms with Crippen LogP contribution in [-0.2, 0) is 0 Å². The van der Waals surface area contributed by atoms with E-state index in [4.69, 9.17) is 6.57 Å². The van der Waals surface area contributed by atoms with Gasteiger partial charge in [0.15, 0.2) is 5.01 Å². The number of nitrogens with one attached hydrogen (secondary N) is 2. The SMILES string of the molecule is [C-]#[N+]c1cnn2c(-c3cc(NC)c(-c4nnc(N5CCNCC5)s4)cn3)ccc2c1. The van der Waals surface area contributed by atoms with Gasteiger partial charge in [0.25, 0.3) is 0 Å². The number of rotatable bonds is 4. The lowest BCUT2D eigenvalue weighted by atomic mass is 10.2. The zero-order chi connectivity index (χ0) is 20.5. The van der Waals surface area contributed by atoms with Crippen molar-refractivity contribution in [3.8, 4) is 22.0 Å². The molecule has 4 aromatic heterocycles. The molecule has 0 spiro atoms. The summed E-state index contributed by atoms with van der Waals surface area (Å²) in [6.45, 7) is 11.0. The van der Waals surface area contributed by atoms with Crippen LogP contribution in [0.3, 0.4) is 0 Å². The Bertz CT molecular complexity index is 1250. The second kappa shape index (κ2) is 7.70. The Morgan fingerprint density at radius 3 is 2.83 bits per heavy atom. The molecule has 2 N–H and O–H groups in total. The first-order chi connectivity index (χ1) is 14.8. The highest BCUT2D eigenvalue weighted by atomic mass is 32.1. The van der Waals surface area contributed by atoms with Crippen LogP contribution in [0, 0.1) is 6.57 Å². The van der Waals surface area contributed by atoms with Gasteiger partial charge in [-0.25, -0.2) is 9.36 Å². The Hall–Kier alpha value is -3.55. The van der Waals surface area contributed by atoms with E-state index in [-0.39, 0.29) is 0 Å². The van der Waals surface area contributed by atoms with Gasteiger partial charge in [0, 0.05) is 45.1 Å². The summed E-state index contributed by atoms with van der Waals surface area (Å²) in [6.07, 6.45) is 3.39. The van der Waals surface area contributed by atoms with E-state index < -0.39 is 0 Å². The van der Waals surface area contributed by atoms with E-state index in [1.54, 1.807) is 22.0 Å². The lowest BCUT2D eigenvalue weighted by Gasteiger charge is -2.26. The van der Waals surface area contributed by atoms with E-state index in [0.717, 1.165) is 64.5 Å². The number of piperazine rings is 1. The Labute approximate surface area is 177 Å². The van der Waals surface area contributed by atoms with Gasteiger partial charge in [-0.2, -0.15) is 5.10 Å². The van der Waals surface area contributed by atoms with Gasteiger partial charge in [-0.15, -0.1) is 10.2 Å². The average Bonchev–Trinajstić information content (AvgIpc) is 3.46. The number of hydrogen-bond donors (Lipinski definition) is 2. The van der Waals surface area contributed by atoms with E-state index >= 15 is 0 Å². The van der Waals surface area contributed by atoms with Crippen LogP contribution in [0.5, 0.6) is 0 Å². The number of fused-ring (bicyclic) bond motifs is 1. The van der Waals surface area contributed by atoms with Crippen molar-refractivity contribution in [2.45, 2.75) is 0 Å². The van der Waals surface area contributed by atoms with Crippen LogP contribution in [0.15, 0.2) is 36.7 Å². The van der Waals surface area contributed by atoms with Crippen molar-refractivity contribution < 1.29 is 0 Å².